The largest absolute Gasteiger partial charge is 0.325 e. The normalized spacial score (nSPS) is 10.7. The number of halogens is 1. The molecule has 0 unspecified atom stereocenters. The van der Waals surface area contributed by atoms with Crippen molar-refractivity contribution in [1.29, 1.82) is 0 Å². The summed E-state index contributed by atoms with van der Waals surface area (Å²) < 4.78 is 1.02. The molecular formula is C13H20BrN3O. The van der Waals surface area contributed by atoms with E-state index in [1.54, 1.807) is 0 Å². The van der Waals surface area contributed by atoms with Crippen LogP contribution in [-0.2, 0) is 4.79 Å². The first-order valence-electron chi connectivity index (χ1n) is 5.90. The van der Waals surface area contributed by atoms with Gasteiger partial charge in [0, 0.05) is 23.2 Å². The molecule has 0 aliphatic heterocycles. The molecule has 0 aliphatic carbocycles. The molecule has 1 aromatic carbocycles. The van der Waals surface area contributed by atoms with Crippen molar-refractivity contribution in [2.24, 2.45) is 0 Å². The first kappa shape index (κ1) is 15.1. The van der Waals surface area contributed by atoms with Crippen LogP contribution in [0.1, 0.15) is 5.56 Å². The summed E-state index contributed by atoms with van der Waals surface area (Å²) in [5, 5.41) is 5.99. The summed E-state index contributed by atoms with van der Waals surface area (Å²) in [4.78, 5) is 13.8. The van der Waals surface area contributed by atoms with Crippen molar-refractivity contribution in [3.05, 3.63) is 28.2 Å². The Bertz CT molecular complexity index is 407. The van der Waals surface area contributed by atoms with Crippen LogP contribution in [0.4, 0.5) is 5.69 Å². The molecule has 0 aromatic heterocycles. The van der Waals surface area contributed by atoms with Gasteiger partial charge in [0.05, 0.1) is 6.54 Å². The van der Waals surface area contributed by atoms with Crippen LogP contribution in [0.25, 0.3) is 0 Å². The van der Waals surface area contributed by atoms with Gasteiger partial charge in [0.2, 0.25) is 5.91 Å². The summed E-state index contributed by atoms with van der Waals surface area (Å²) in [6.07, 6.45) is 0. The van der Waals surface area contributed by atoms with Gasteiger partial charge in [-0.2, -0.15) is 0 Å². The SMILES string of the molecule is Cc1cc(Br)ccc1NC(=O)CNCCN(C)C. The Morgan fingerprint density at radius 1 is 1.39 bits per heavy atom. The Labute approximate surface area is 117 Å². The van der Waals surface area contributed by atoms with E-state index in [0.29, 0.717) is 6.54 Å². The van der Waals surface area contributed by atoms with Gasteiger partial charge < -0.3 is 15.5 Å². The third-order valence-electron chi connectivity index (χ3n) is 2.48. The number of carbonyl (C=O) groups is 1. The Balaban J connectivity index is 2.35. The lowest BCUT2D eigenvalue weighted by molar-refractivity contribution is -0.115. The molecule has 0 atom stereocenters. The molecule has 0 saturated carbocycles. The van der Waals surface area contributed by atoms with E-state index >= 15 is 0 Å². The fraction of sp³-hybridized carbons (Fsp3) is 0.462. The fourth-order valence-electron chi connectivity index (χ4n) is 1.47. The molecule has 0 radical (unpaired) electrons. The number of anilines is 1. The van der Waals surface area contributed by atoms with Crippen LogP contribution in [0.3, 0.4) is 0 Å². The Morgan fingerprint density at radius 2 is 2.11 bits per heavy atom. The van der Waals surface area contributed by atoms with Crippen LogP contribution in [0.15, 0.2) is 22.7 Å². The topological polar surface area (TPSA) is 44.4 Å². The van der Waals surface area contributed by atoms with Gasteiger partial charge in [0.1, 0.15) is 0 Å². The van der Waals surface area contributed by atoms with Gasteiger partial charge in [-0.15, -0.1) is 0 Å². The minimum absolute atomic E-state index is 0.0146. The third kappa shape index (κ3) is 5.62. The molecule has 1 amide bonds. The molecule has 1 rings (SSSR count). The molecule has 18 heavy (non-hydrogen) atoms. The van der Waals surface area contributed by atoms with E-state index in [-0.39, 0.29) is 5.91 Å². The van der Waals surface area contributed by atoms with Crippen LogP contribution in [0.2, 0.25) is 0 Å². The number of rotatable bonds is 6. The number of nitrogens with zero attached hydrogens (tertiary/aromatic N) is 1. The van der Waals surface area contributed by atoms with Crippen molar-refractivity contribution in [2.75, 3.05) is 39.0 Å². The predicted molar refractivity (Wildman–Crippen MR) is 78.9 cm³/mol. The molecule has 0 bridgehead atoms. The predicted octanol–water partition coefficient (Wildman–Crippen LogP) is 1.85. The highest BCUT2D eigenvalue weighted by Gasteiger charge is 2.04. The number of amides is 1. The lowest BCUT2D eigenvalue weighted by atomic mass is 10.2. The monoisotopic (exact) mass is 313 g/mol. The van der Waals surface area contributed by atoms with Gasteiger partial charge in [-0.1, -0.05) is 15.9 Å². The van der Waals surface area contributed by atoms with Crippen molar-refractivity contribution in [3.8, 4) is 0 Å². The zero-order valence-corrected chi connectivity index (χ0v) is 12.7. The highest BCUT2D eigenvalue weighted by atomic mass is 79.9. The average Bonchev–Trinajstić information content (AvgIpc) is 2.28. The summed E-state index contributed by atoms with van der Waals surface area (Å²) in [6.45, 7) is 4.04. The van der Waals surface area contributed by atoms with E-state index in [2.05, 4.69) is 31.5 Å². The maximum Gasteiger partial charge on any atom is 0.238 e. The Morgan fingerprint density at radius 3 is 2.72 bits per heavy atom. The highest BCUT2D eigenvalue weighted by molar-refractivity contribution is 9.10. The quantitative estimate of drug-likeness (QED) is 0.788. The lowest BCUT2D eigenvalue weighted by Gasteiger charge is -2.11. The minimum atomic E-state index is -0.0146. The molecule has 1 aromatic rings. The average molecular weight is 314 g/mol. The first-order valence-corrected chi connectivity index (χ1v) is 6.70. The first-order chi connectivity index (χ1) is 8.49. The van der Waals surface area contributed by atoms with Crippen molar-refractivity contribution >= 4 is 27.5 Å². The van der Waals surface area contributed by atoms with E-state index in [0.717, 1.165) is 28.8 Å². The molecular weight excluding hydrogens is 294 g/mol. The third-order valence-corrected chi connectivity index (χ3v) is 2.98. The maximum absolute atomic E-state index is 11.7. The number of hydrogen-bond donors (Lipinski definition) is 2. The molecule has 0 spiro atoms. The van der Waals surface area contributed by atoms with Crippen LogP contribution in [-0.4, -0.2) is 44.5 Å². The van der Waals surface area contributed by atoms with E-state index in [1.165, 1.54) is 0 Å². The number of carbonyl (C=O) groups excluding carboxylic acids is 1. The molecule has 100 valence electrons. The second kappa shape index (κ2) is 7.51. The van der Waals surface area contributed by atoms with E-state index in [1.807, 2.05) is 39.2 Å². The highest BCUT2D eigenvalue weighted by Crippen LogP contribution is 2.19. The summed E-state index contributed by atoms with van der Waals surface area (Å²) in [5.74, 6) is -0.0146. The van der Waals surface area contributed by atoms with Gasteiger partial charge in [0.15, 0.2) is 0 Å². The van der Waals surface area contributed by atoms with Gasteiger partial charge in [-0.05, 0) is 44.8 Å². The van der Waals surface area contributed by atoms with Crippen LogP contribution in [0, 0.1) is 6.92 Å². The smallest absolute Gasteiger partial charge is 0.238 e. The van der Waals surface area contributed by atoms with Gasteiger partial charge in [-0.25, -0.2) is 0 Å². The van der Waals surface area contributed by atoms with Crippen LogP contribution >= 0.6 is 15.9 Å². The summed E-state index contributed by atoms with van der Waals surface area (Å²) >= 11 is 3.40. The fourth-order valence-corrected chi connectivity index (χ4v) is 1.94. The second-order valence-corrected chi connectivity index (χ2v) is 5.40. The minimum Gasteiger partial charge on any atom is -0.325 e. The number of aryl methyl sites for hydroxylation is 1. The van der Waals surface area contributed by atoms with Crippen molar-refractivity contribution in [2.45, 2.75) is 6.92 Å². The zero-order chi connectivity index (χ0) is 13.5. The standard InChI is InChI=1S/C13H20BrN3O/c1-10-8-11(14)4-5-12(10)16-13(18)9-15-6-7-17(2)3/h4-5,8,15H,6-7,9H2,1-3H3,(H,16,18). The number of hydrogen-bond acceptors (Lipinski definition) is 3. The summed E-state index contributed by atoms with van der Waals surface area (Å²) in [5.41, 5.74) is 1.91. The molecule has 0 heterocycles. The Hall–Kier alpha value is -0.910. The van der Waals surface area contributed by atoms with E-state index in [4.69, 9.17) is 0 Å². The van der Waals surface area contributed by atoms with Gasteiger partial charge in [0.25, 0.3) is 0 Å². The van der Waals surface area contributed by atoms with E-state index in [9.17, 15) is 4.79 Å². The number of likely N-dealkylation sites (N-methyl/N-ethyl adjacent to an activating group) is 1. The van der Waals surface area contributed by atoms with Crippen molar-refractivity contribution in [3.63, 3.8) is 0 Å². The van der Waals surface area contributed by atoms with Gasteiger partial charge in [-0.3, -0.25) is 4.79 Å². The van der Waals surface area contributed by atoms with Crippen LogP contribution in [0.5, 0.6) is 0 Å². The van der Waals surface area contributed by atoms with Crippen molar-refractivity contribution < 1.29 is 4.79 Å². The zero-order valence-electron chi connectivity index (χ0n) is 11.1. The van der Waals surface area contributed by atoms with Crippen LogP contribution < -0.4 is 10.6 Å². The molecule has 4 nitrogen and oxygen atoms in total. The summed E-state index contributed by atoms with van der Waals surface area (Å²) in [6, 6.07) is 5.80. The van der Waals surface area contributed by atoms with E-state index < -0.39 is 0 Å². The second-order valence-electron chi connectivity index (χ2n) is 4.49. The Kier molecular flexibility index (Phi) is 6.32. The van der Waals surface area contributed by atoms with Crippen molar-refractivity contribution in [1.82, 2.24) is 10.2 Å². The summed E-state index contributed by atoms with van der Waals surface area (Å²) in [7, 11) is 4.01. The molecule has 0 saturated heterocycles. The molecule has 0 fully saturated rings. The lowest BCUT2D eigenvalue weighted by Crippen LogP contribution is -2.33. The molecule has 2 N–H and O–H groups in total. The number of nitrogens with one attached hydrogen (secondary N) is 2. The number of benzene rings is 1. The van der Waals surface area contributed by atoms with Gasteiger partial charge >= 0.3 is 0 Å². The molecule has 5 heteroatoms. The molecule has 0 aliphatic rings. The maximum atomic E-state index is 11.7.